The van der Waals surface area contributed by atoms with Crippen LogP contribution in [0.3, 0.4) is 0 Å². The maximum Gasteiger partial charge on any atom is 0.256 e. The lowest BCUT2D eigenvalue weighted by molar-refractivity contribution is 0.102. The van der Waals surface area contributed by atoms with Crippen molar-refractivity contribution in [2.45, 2.75) is 18.7 Å². The molecule has 0 bridgehead atoms. The highest BCUT2D eigenvalue weighted by Gasteiger charge is 2.24. The predicted octanol–water partition coefficient (Wildman–Crippen LogP) is 3.00. The molecule has 0 fully saturated rings. The van der Waals surface area contributed by atoms with Gasteiger partial charge in [-0.3, -0.25) is 4.79 Å². The van der Waals surface area contributed by atoms with E-state index in [-0.39, 0.29) is 16.1 Å². The summed E-state index contributed by atoms with van der Waals surface area (Å²) in [5.74, 6) is 0.800. The summed E-state index contributed by atoms with van der Waals surface area (Å²) >= 11 is 0. The molecule has 9 nitrogen and oxygen atoms in total. The SMILES string of the molecule is CCN(CC)S(=O)(=O)c1ccc(OC)c(NC(=O)c2cc(OC)c(OC)c(OC)c2)c1. The van der Waals surface area contributed by atoms with Crippen molar-refractivity contribution in [1.29, 1.82) is 0 Å². The minimum atomic E-state index is -3.71. The fourth-order valence-corrected chi connectivity index (χ4v) is 4.55. The number of nitrogens with zero attached hydrogens (tertiary/aromatic N) is 1. The summed E-state index contributed by atoms with van der Waals surface area (Å²) in [7, 11) is 2.09. The molecule has 0 atom stereocenters. The van der Waals surface area contributed by atoms with E-state index >= 15 is 0 Å². The van der Waals surface area contributed by atoms with Crippen molar-refractivity contribution in [3.63, 3.8) is 0 Å². The number of methoxy groups -OCH3 is 4. The van der Waals surface area contributed by atoms with E-state index < -0.39 is 15.9 Å². The second-order valence-corrected chi connectivity index (χ2v) is 8.26. The first kappa shape index (κ1) is 24.3. The summed E-state index contributed by atoms with van der Waals surface area (Å²) in [5, 5.41) is 2.71. The molecule has 0 heterocycles. The fraction of sp³-hybridized carbons (Fsp3) is 0.381. The van der Waals surface area contributed by atoms with Crippen LogP contribution in [0.25, 0.3) is 0 Å². The van der Waals surface area contributed by atoms with Gasteiger partial charge in [0.05, 0.1) is 39.0 Å². The van der Waals surface area contributed by atoms with E-state index in [1.165, 1.54) is 63.1 Å². The van der Waals surface area contributed by atoms with Crippen LogP contribution in [0, 0.1) is 0 Å². The number of sulfonamides is 1. The van der Waals surface area contributed by atoms with E-state index in [0.29, 0.717) is 36.1 Å². The minimum Gasteiger partial charge on any atom is -0.495 e. The standard InChI is InChI=1S/C21H28N2O7S/c1-7-23(8-2)31(25,26)15-9-10-17(27-3)16(13-15)22-21(24)14-11-18(28-4)20(30-6)19(12-14)29-5/h9-13H,7-8H2,1-6H3,(H,22,24). The third kappa shape index (κ3) is 5.02. The average Bonchev–Trinajstić information content (AvgIpc) is 2.78. The highest BCUT2D eigenvalue weighted by atomic mass is 32.2. The minimum absolute atomic E-state index is 0.0530. The summed E-state index contributed by atoms with van der Waals surface area (Å²) in [6, 6.07) is 7.32. The van der Waals surface area contributed by atoms with Gasteiger partial charge < -0.3 is 24.3 Å². The van der Waals surface area contributed by atoms with Crippen molar-refractivity contribution >= 4 is 21.6 Å². The quantitative estimate of drug-likeness (QED) is 0.591. The van der Waals surface area contributed by atoms with Gasteiger partial charge in [-0.15, -0.1) is 0 Å². The van der Waals surface area contributed by atoms with E-state index in [0.717, 1.165) is 0 Å². The Balaban J connectivity index is 2.47. The molecule has 0 aliphatic heterocycles. The van der Waals surface area contributed by atoms with Crippen LogP contribution in [-0.2, 0) is 10.0 Å². The predicted molar refractivity (Wildman–Crippen MR) is 117 cm³/mol. The van der Waals surface area contributed by atoms with Crippen molar-refractivity contribution in [3.05, 3.63) is 35.9 Å². The van der Waals surface area contributed by atoms with Crippen LogP contribution in [0.1, 0.15) is 24.2 Å². The zero-order chi connectivity index (χ0) is 23.2. The third-order valence-corrected chi connectivity index (χ3v) is 6.74. The van der Waals surface area contributed by atoms with Gasteiger partial charge in [0.15, 0.2) is 11.5 Å². The Labute approximate surface area is 182 Å². The summed E-state index contributed by atoms with van der Waals surface area (Å²) in [4.78, 5) is 13.0. The average molecular weight is 453 g/mol. The maximum absolute atomic E-state index is 12.9. The lowest BCUT2D eigenvalue weighted by Crippen LogP contribution is -2.30. The molecular weight excluding hydrogens is 424 g/mol. The molecule has 0 radical (unpaired) electrons. The Morgan fingerprint density at radius 2 is 1.42 bits per heavy atom. The van der Waals surface area contributed by atoms with Gasteiger partial charge in [-0.2, -0.15) is 4.31 Å². The number of amides is 1. The molecular formula is C21H28N2O7S. The van der Waals surface area contributed by atoms with Gasteiger partial charge in [0.25, 0.3) is 5.91 Å². The molecule has 0 unspecified atom stereocenters. The Hall–Kier alpha value is -2.98. The van der Waals surface area contributed by atoms with Crippen molar-refractivity contribution < 1.29 is 32.2 Å². The smallest absolute Gasteiger partial charge is 0.256 e. The fourth-order valence-electron chi connectivity index (χ4n) is 3.06. The number of rotatable bonds is 10. The highest BCUT2D eigenvalue weighted by molar-refractivity contribution is 7.89. The zero-order valence-corrected chi connectivity index (χ0v) is 19.3. The first-order valence-corrected chi connectivity index (χ1v) is 11.0. The lowest BCUT2D eigenvalue weighted by Gasteiger charge is -2.20. The number of carbonyl (C=O) groups is 1. The van der Waals surface area contributed by atoms with Crippen molar-refractivity contribution in [2.75, 3.05) is 46.8 Å². The molecule has 10 heteroatoms. The van der Waals surface area contributed by atoms with E-state index in [1.807, 2.05) is 0 Å². The zero-order valence-electron chi connectivity index (χ0n) is 18.5. The van der Waals surface area contributed by atoms with Crippen LogP contribution in [0.4, 0.5) is 5.69 Å². The van der Waals surface area contributed by atoms with Crippen LogP contribution in [0.5, 0.6) is 23.0 Å². The normalized spacial score (nSPS) is 11.2. The number of benzene rings is 2. The van der Waals surface area contributed by atoms with E-state index in [2.05, 4.69) is 5.32 Å². The van der Waals surface area contributed by atoms with Gasteiger partial charge >= 0.3 is 0 Å². The molecule has 2 rings (SSSR count). The molecule has 2 aromatic rings. The molecule has 1 amide bonds. The number of hydrogen-bond donors (Lipinski definition) is 1. The van der Waals surface area contributed by atoms with E-state index in [1.54, 1.807) is 13.8 Å². The maximum atomic E-state index is 12.9. The van der Waals surface area contributed by atoms with Gasteiger partial charge in [-0.25, -0.2) is 8.42 Å². The topological polar surface area (TPSA) is 103 Å². The molecule has 31 heavy (non-hydrogen) atoms. The van der Waals surface area contributed by atoms with Crippen molar-refractivity contribution in [3.8, 4) is 23.0 Å². The molecule has 0 aliphatic carbocycles. The molecule has 0 saturated carbocycles. The van der Waals surface area contributed by atoms with Crippen molar-refractivity contribution in [1.82, 2.24) is 4.31 Å². The van der Waals surface area contributed by atoms with Gasteiger partial charge in [0.1, 0.15) is 5.75 Å². The molecule has 1 N–H and O–H groups in total. The molecule has 170 valence electrons. The van der Waals surface area contributed by atoms with Gasteiger partial charge in [-0.05, 0) is 30.3 Å². The number of anilines is 1. The Morgan fingerprint density at radius 3 is 1.87 bits per heavy atom. The molecule has 0 saturated heterocycles. The summed E-state index contributed by atoms with van der Waals surface area (Å²) in [5.41, 5.74) is 0.447. The number of hydrogen-bond acceptors (Lipinski definition) is 7. The second-order valence-electron chi connectivity index (χ2n) is 6.32. The summed E-state index contributed by atoms with van der Waals surface area (Å²) < 4.78 is 48.2. The number of ether oxygens (including phenoxy) is 4. The van der Waals surface area contributed by atoms with Crippen LogP contribution >= 0.6 is 0 Å². The highest BCUT2D eigenvalue weighted by Crippen LogP contribution is 2.38. The van der Waals surface area contributed by atoms with Gasteiger partial charge in [0.2, 0.25) is 15.8 Å². The van der Waals surface area contributed by atoms with Crippen LogP contribution in [-0.4, -0.2) is 60.2 Å². The first-order chi connectivity index (χ1) is 14.8. The van der Waals surface area contributed by atoms with Crippen LogP contribution in [0.2, 0.25) is 0 Å². The largest absolute Gasteiger partial charge is 0.495 e. The van der Waals surface area contributed by atoms with Gasteiger partial charge in [-0.1, -0.05) is 13.8 Å². The second kappa shape index (κ2) is 10.4. The third-order valence-electron chi connectivity index (χ3n) is 4.69. The monoisotopic (exact) mass is 452 g/mol. The molecule has 0 aliphatic rings. The summed E-state index contributed by atoms with van der Waals surface area (Å²) in [6.07, 6.45) is 0. The molecule has 0 aromatic heterocycles. The Morgan fingerprint density at radius 1 is 0.871 bits per heavy atom. The summed E-state index contributed by atoms with van der Waals surface area (Å²) in [6.45, 7) is 4.19. The molecule has 0 spiro atoms. The van der Waals surface area contributed by atoms with E-state index in [9.17, 15) is 13.2 Å². The Kier molecular flexibility index (Phi) is 8.12. The number of carbonyl (C=O) groups excluding carboxylic acids is 1. The lowest BCUT2D eigenvalue weighted by atomic mass is 10.1. The first-order valence-electron chi connectivity index (χ1n) is 9.56. The Bertz CT molecular complexity index is 1010. The van der Waals surface area contributed by atoms with Crippen molar-refractivity contribution in [2.24, 2.45) is 0 Å². The van der Waals surface area contributed by atoms with Crippen LogP contribution < -0.4 is 24.3 Å². The molecule has 2 aromatic carbocycles. The van der Waals surface area contributed by atoms with E-state index in [4.69, 9.17) is 18.9 Å². The van der Waals surface area contributed by atoms with Gasteiger partial charge in [0, 0.05) is 18.7 Å². The van der Waals surface area contributed by atoms with Crippen LogP contribution in [0.15, 0.2) is 35.2 Å². The number of nitrogens with one attached hydrogen (secondary N) is 1.